The molecule has 7 aromatic rings. The fraction of sp³-hybridized carbons (Fsp3) is 0.0606. The summed E-state index contributed by atoms with van der Waals surface area (Å²) < 4.78 is 16.1. The number of aryl methyl sites for hydroxylation is 2. The Morgan fingerprint density at radius 3 is 1.86 bits per heavy atom. The highest BCUT2D eigenvalue weighted by Crippen LogP contribution is 2.31. The molecule has 0 aliphatic rings. The summed E-state index contributed by atoms with van der Waals surface area (Å²) in [6.45, 7) is 4.15. The molecule has 10 heteroatoms. The Hall–Kier alpha value is -5.06. The van der Waals surface area contributed by atoms with Gasteiger partial charge < -0.3 is 11.1 Å². The molecule has 1 amide bonds. The van der Waals surface area contributed by atoms with Crippen LogP contribution in [-0.2, 0) is 0 Å². The van der Waals surface area contributed by atoms with E-state index in [-0.39, 0.29) is 5.56 Å². The van der Waals surface area contributed by atoms with Crippen molar-refractivity contribution in [2.24, 2.45) is 0 Å². The average molecular weight is 605 g/mol. The van der Waals surface area contributed by atoms with Gasteiger partial charge in [-0.25, -0.2) is 24.3 Å². The standard InChI is InChI=1S/C20H14FN3OS.C13H11N3S/c1-12-8-18-17(23-11-26-18)9-15(12)13-6-7-19(22-10-13)24-20(25)14-4-2-3-5-16(14)21;1-8-4-12-11(16-7-17-12)5-10(8)9-2-3-13(14)15-6-9/h2-11H,1H3,(H,22,24,25);2-7H,1H3,(H2,14,15). The van der Waals surface area contributed by atoms with Crippen LogP contribution in [-0.4, -0.2) is 25.8 Å². The summed E-state index contributed by atoms with van der Waals surface area (Å²) in [4.78, 5) is 29.3. The van der Waals surface area contributed by atoms with Crippen molar-refractivity contribution in [1.82, 2.24) is 19.9 Å². The Morgan fingerprint density at radius 1 is 0.744 bits per heavy atom. The van der Waals surface area contributed by atoms with Crippen molar-refractivity contribution in [2.75, 3.05) is 11.1 Å². The van der Waals surface area contributed by atoms with Gasteiger partial charge in [-0.05, 0) is 96.8 Å². The number of thiazole rings is 2. The van der Waals surface area contributed by atoms with Crippen molar-refractivity contribution in [3.8, 4) is 22.3 Å². The van der Waals surface area contributed by atoms with E-state index in [1.165, 1.54) is 22.4 Å². The van der Waals surface area contributed by atoms with Crippen LogP contribution in [0.3, 0.4) is 0 Å². The number of amides is 1. The van der Waals surface area contributed by atoms with Crippen LogP contribution in [0.2, 0.25) is 0 Å². The van der Waals surface area contributed by atoms with Crippen LogP contribution < -0.4 is 11.1 Å². The zero-order chi connectivity index (χ0) is 29.9. The number of anilines is 2. The molecule has 0 unspecified atom stereocenters. The number of nitrogens with one attached hydrogen (secondary N) is 1. The van der Waals surface area contributed by atoms with Crippen molar-refractivity contribution in [1.29, 1.82) is 0 Å². The Labute approximate surface area is 254 Å². The van der Waals surface area contributed by atoms with Gasteiger partial charge in [0.25, 0.3) is 5.91 Å². The smallest absolute Gasteiger partial charge is 0.259 e. The number of halogens is 1. The minimum absolute atomic E-state index is 0.0109. The van der Waals surface area contributed by atoms with Crippen molar-refractivity contribution in [3.05, 3.63) is 119 Å². The second kappa shape index (κ2) is 12.0. The van der Waals surface area contributed by atoms with Crippen LogP contribution >= 0.6 is 22.7 Å². The van der Waals surface area contributed by atoms with E-state index in [9.17, 15) is 9.18 Å². The molecular weight excluding hydrogens is 580 g/mol. The molecule has 7 nitrogen and oxygen atoms in total. The first kappa shape index (κ1) is 28.1. The lowest BCUT2D eigenvalue weighted by molar-refractivity contribution is 0.102. The molecule has 43 heavy (non-hydrogen) atoms. The fourth-order valence-corrected chi connectivity index (χ4v) is 6.17. The number of hydrogen-bond acceptors (Lipinski definition) is 8. The van der Waals surface area contributed by atoms with Gasteiger partial charge in [-0.1, -0.05) is 12.1 Å². The Morgan fingerprint density at radius 2 is 1.33 bits per heavy atom. The third kappa shape index (κ3) is 6.11. The van der Waals surface area contributed by atoms with Gasteiger partial charge >= 0.3 is 0 Å². The second-order valence-corrected chi connectivity index (χ2v) is 11.6. The van der Waals surface area contributed by atoms with Gasteiger partial charge in [0.2, 0.25) is 0 Å². The zero-order valence-electron chi connectivity index (χ0n) is 23.2. The Kier molecular flexibility index (Phi) is 7.86. The minimum Gasteiger partial charge on any atom is -0.384 e. The third-order valence-electron chi connectivity index (χ3n) is 6.89. The molecule has 0 aliphatic heterocycles. The fourth-order valence-electron chi connectivity index (χ4n) is 4.65. The molecule has 4 heterocycles. The van der Waals surface area contributed by atoms with Gasteiger partial charge in [0.15, 0.2) is 0 Å². The van der Waals surface area contributed by atoms with Gasteiger partial charge in [0.05, 0.1) is 37.0 Å². The van der Waals surface area contributed by atoms with Gasteiger partial charge in [0.1, 0.15) is 17.5 Å². The lowest BCUT2D eigenvalue weighted by Crippen LogP contribution is -2.14. The number of nitrogens with zero attached hydrogens (tertiary/aromatic N) is 4. The Balaban J connectivity index is 0.000000167. The highest BCUT2D eigenvalue weighted by molar-refractivity contribution is 7.17. The van der Waals surface area contributed by atoms with E-state index in [0.29, 0.717) is 11.6 Å². The molecule has 0 spiro atoms. The summed E-state index contributed by atoms with van der Waals surface area (Å²) in [5.41, 5.74) is 17.8. The largest absolute Gasteiger partial charge is 0.384 e. The number of fused-ring (bicyclic) bond motifs is 2. The number of carbonyl (C=O) groups is 1. The molecule has 212 valence electrons. The first-order valence-corrected chi connectivity index (χ1v) is 15.0. The maximum atomic E-state index is 13.7. The van der Waals surface area contributed by atoms with Crippen LogP contribution in [0.25, 0.3) is 42.7 Å². The maximum absolute atomic E-state index is 13.7. The molecule has 0 radical (unpaired) electrons. The second-order valence-electron chi connectivity index (χ2n) is 9.81. The van der Waals surface area contributed by atoms with Gasteiger partial charge in [-0.2, -0.15) is 0 Å². The van der Waals surface area contributed by atoms with E-state index in [0.717, 1.165) is 43.6 Å². The molecule has 7 rings (SSSR count). The summed E-state index contributed by atoms with van der Waals surface area (Å²) in [5, 5.41) is 2.62. The van der Waals surface area contributed by atoms with Gasteiger partial charge in [-0.3, -0.25) is 4.79 Å². The first-order chi connectivity index (χ1) is 20.9. The number of nitrogens with two attached hydrogens (primary N) is 1. The summed E-state index contributed by atoms with van der Waals surface area (Å²) in [6.07, 6.45) is 3.49. The minimum atomic E-state index is -0.561. The highest BCUT2D eigenvalue weighted by Gasteiger charge is 2.12. The molecule has 3 N–H and O–H groups in total. The van der Waals surface area contributed by atoms with E-state index in [1.54, 1.807) is 53.3 Å². The van der Waals surface area contributed by atoms with Crippen molar-refractivity contribution >= 4 is 60.6 Å². The number of hydrogen-bond donors (Lipinski definition) is 2. The lowest BCUT2D eigenvalue weighted by atomic mass is 10.0. The molecule has 0 saturated carbocycles. The molecule has 0 fully saturated rings. The van der Waals surface area contributed by atoms with Crippen molar-refractivity contribution in [2.45, 2.75) is 13.8 Å². The van der Waals surface area contributed by atoms with E-state index < -0.39 is 11.7 Å². The number of rotatable bonds is 4. The quantitative estimate of drug-likeness (QED) is 0.209. The van der Waals surface area contributed by atoms with Crippen LogP contribution in [0, 0.1) is 19.7 Å². The summed E-state index contributed by atoms with van der Waals surface area (Å²) in [5.74, 6) is -0.173. The number of benzene rings is 3. The summed E-state index contributed by atoms with van der Waals surface area (Å²) in [7, 11) is 0. The number of nitrogen functional groups attached to an aromatic ring is 1. The molecule has 3 aromatic carbocycles. The number of aromatic nitrogens is 4. The Bertz CT molecular complexity index is 2070. The lowest BCUT2D eigenvalue weighted by Gasteiger charge is -2.08. The molecule has 0 bridgehead atoms. The monoisotopic (exact) mass is 604 g/mol. The normalized spacial score (nSPS) is 10.9. The third-order valence-corrected chi connectivity index (χ3v) is 8.47. The molecule has 0 atom stereocenters. The first-order valence-electron chi connectivity index (χ1n) is 13.3. The van der Waals surface area contributed by atoms with Crippen LogP contribution in [0.5, 0.6) is 0 Å². The van der Waals surface area contributed by atoms with E-state index in [4.69, 9.17) is 5.73 Å². The summed E-state index contributed by atoms with van der Waals surface area (Å²) in [6, 6.07) is 21.7. The van der Waals surface area contributed by atoms with E-state index in [2.05, 4.69) is 50.4 Å². The molecular formula is C33H25FN6OS2. The SMILES string of the molecule is Cc1cc2scnc2cc1-c1ccc(N)nc1.Cc1cc2scnc2cc1-c1ccc(NC(=O)c2ccccc2F)nc1. The predicted octanol–water partition coefficient (Wildman–Crippen LogP) is 8.31. The van der Waals surface area contributed by atoms with Crippen LogP contribution in [0.15, 0.2) is 96.2 Å². The predicted molar refractivity (Wildman–Crippen MR) is 174 cm³/mol. The topological polar surface area (TPSA) is 107 Å². The van der Waals surface area contributed by atoms with E-state index in [1.807, 2.05) is 42.2 Å². The number of pyridine rings is 2. The molecule has 0 aliphatic carbocycles. The molecule has 4 aromatic heterocycles. The molecule has 0 saturated heterocycles. The zero-order valence-corrected chi connectivity index (χ0v) is 24.8. The maximum Gasteiger partial charge on any atom is 0.259 e. The van der Waals surface area contributed by atoms with E-state index >= 15 is 0 Å². The van der Waals surface area contributed by atoms with Crippen molar-refractivity contribution in [3.63, 3.8) is 0 Å². The van der Waals surface area contributed by atoms with Crippen LogP contribution in [0.1, 0.15) is 21.5 Å². The van der Waals surface area contributed by atoms with Gasteiger partial charge in [0, 0.05) is 23.5 Å². The van der Waals surface area contributed by atoms with Crippen LogP contribution in [0.4, 0.5) is 16.0 Å². The number of carbonyl (C=O) groups excluding carboxylic acids is 1. The highest BCUT2D eigenvalue weighted by atomic mass is 32.1. The van der Waals surface area contributed by atoms with Crippen molar-refractivity contribution < 1.29 is 9.18 Å². The summed E-state index contributed by atoms with van der Waals surface area (Å²) >= 11 is 3.27. The van der Waals surface area contributed by atoms with Gasteiger partial charge in [-0.15, -0.1) is 22.7 Å². The average Bonchev–Trinajstić information content (AvgIpc) is 3.66.